The van der Waals surface area contributed by atoms with Crippen molar-refractivity contribution in [1.82, 2.24) is 0 Å². The van der Waals surface area contributed by atoms with E-state index in [9.17, 15) is 24.0 Å². The summed E-state index contributed by atoms with van der Waals surface area (Å²) in [6, 6.07) is 0. The second kappa shape index (κ2) is 10.9. The normalized spacial score (nSPS) is 12.0. The van der Waals surface area contributed by atoms with Crippen molar-refractivity contribution < 1.29 is 48.4 Å². The number of rotatable bonds is 11. The number of aliphatic carboxylic acids is 2. The van der Waals surface area contributed by atoms with Gasteiger partial charge < -0.3 is 24.4 Å². The van der Waals surface area contributed by atoms with Crippen molar-refractivity contribution in [2.45, 2.75) is 27.7 Å². The van der Waals surface area contributed by atoms with Crippen LogP contribution in [0.2, 0.25) is 0 Å². The maximum absolute atomic E-state index is 12.2. The third kappa shape index (κ3) is 11.4. The predicted molar refractivity (Wildman–Crippen MR) is 94.0 cm³/mol. The van der Waals surface area contributed by atoms with Gasteiger partial charge >= 0.3 is 29.8 Å². The van der Waals surface area contributed by atoms with E-state index in [1.54, 1.807) is 13.8 Å². The summed E-state index contributed by atoms with van der Waals surface area (Å²) in [6.07, 6.45) is 2.74. The molecule has 0 aromatic heterocycles. The maximum Gasteiger partial charge on any atom is 0.331 e. The number of ether oxygens (including phenoxy) is 3. The summed E-state index contributed by atoms with van der Waals surface area (Å²) in [5.74, 6) is -5.02. The highest BCUT2D eigenvalue weighted by Gasteiger charge is 2.33. The van der Waals surface area contributed by atoms with E-state index >= 15 is 0 Å². The second-order valence-electron chi connectivity index (χ2n) is 7.18. The number of carboxylic acid groups (broad SMARTS) is 2. The van der Waals surface area contributed by atoms with Crippen LogP contribution in [0, 0.1) is 10.8 Å². The Morgan fingerprint density at radius 3 is 1.50 bits per heavy atom. The van der Waals surface area contributed by atoms with Crippen molar-refractivity contribution >= 4 is 29.8 Å². The van der Waals surface area contributed by atoms with Crippen LogP contribution in [0.5, 0.6) is 0 Å². The first-order chi connectivity index (χ1) is 12.7. The lowest BCUT2D eigenvalue weighted by atomic mass is 9.93. The standard InChI is InChI=1S/C18H24O10/c1-17(2,9-26-14(23)7-5-12(19)20)10-28-16(25)18(3,4)11-27-15(24)8-6-13(21)22/h5-8H,9-11H2,1-4H3,(H,19,20)(H,21,22)/b7-5+,8-6+. The van der Waals surface area contributed by atoms with Crippen LogP contribution in [0.3, 0.4) is 0 Å². The molecule has 0 fully saturated rings. The van der Waals surface area contributed by atoms with Crippen molar-refractivity contribution in [1.29, 1.82) is 0 Å². The number of hydrogen-bond donors (Lipinski definition) is 2. The summed E-state index contributed by atoms with van der Waals surface area (Å²) in [4.78, 5) is 55.6. The molecule has 0 atom stereocenters. The average molecular weight is 400 g/mol. The lowest BCUT2D eigenvalue weighted by Crippen LogP contribution is -2.36. The molecule has 0 aliphatic rings. The third-order valence-corrected chi connectivity index (χ3v) is 3.05. The molecule has 0 aromatic carbocycles. The van der Waals surface area contributed by atoms with E-state index in [0.717, 1.165) is 12.2 Å². The van der Waals surface area contributed by atoms with E-state index < -0.39 is 40.7 Å². The van der Waals surface area contributed by atoms with Crippen molar-refractivity contribution in [2.24, 2.45) is 10.8 Å². The van der Waals surface area contributed by atoms with E-state index in [2.05, 4.69) is 0 Å². The van der Waals surface area contributed by atoms with Crippen LogP contribution in [0.1, 0.15) is 27.7 Å². The first-order valence-electron chi connectivity index (χ1n) is 8.08. The molecule has 10 heteroatoms. The smallest absolute Gasteiger partial charge is 0.331 e. The number of carbonyl (C=O) groups is 5. The van der Waals surface area contributed by atoms with Gasteiger partial charge in [0.15, 0.2) is 0 Å². The van der Waals surface area contributed by atoms with E-state index in [1.807, 2.05) is 0 Å². The predicted octanol–water partition coefficient (Wildman–Crippen LogP) is 0.950. The van der Waals surface area contributed by atoms with Gasteiger partial charge in [0, 0.05) is 29.7 Å². The minimum absolute atomic E-state index is 0.113. The van der Waals surface area contributed by atoms with Gasteiger partial charge in [-0.1, -0.05) is 13.8 Å². The molecule has 0 saturated heterocycles. The fourth-order valence-corrected chi connectivity index (χ4v) is 1.45. The van der Waals surface area contributed by atoms with Crippen LogP contribution in [0.15, 0.2) is 24.3 Å². The molecule has 0 radical (unpaired) electrons. The lowest BCUT2D eigenvalue weighted by Gasteiger charge is -2.27. The molecular weight excluding hydrogens is 376 g/mol. The molecule has 0 unspecified atom stereocenters. The molecule has 28 heavy (non-hydrogen) atoms. The molecule has 0 saturated carbocycles. The molecule has 0 rings (SSSR count). The van der Waals surface area contributed by atoms with Crippen molar-refractivity contribution in [3.63, 3.8) is 0 Å². The van der Waals surface area contributed by atoms with Gasteiger partial charge in [-0.3, -0.25) is 4.79 Å². The highest BCUT2D eigenvalue weighted by molar-refractivity contribution is 5.91. The van der Waals surface area contributed by atoms with Gasteiger partial charge in [0.05, 0.1) is 18.6 Å². The van der Waals surface area contributed by atoms with Crippen molar-refractivity contribution in [3.05, 3.63) is 24.3 Å². The zero-order chi connectivity index (χ0) is 22.0. The summed E-state index contributed by atoms with van der Waals surface area (Å²) in [7, 11) is 0. The monoisotopic (exact) mass is 400 g/mol. The molecule has 0 bridgehead atoms. The van der Waals surface area contributed by atoms with Crippen LogP contribution in [0.25, 0.3) is 0 Å². The Morgan fingerprint density at radius 2 is 1.07 bits per heavy atom. The highest BCUT2D eigenvalue weighted by atomic mass is 16.6. The van der Waals surface area contributed by atoms with Gasteiger partial charge in [-0.2, -0.15) is 0 Å². The molecular formula is C18H24O10. The van der Waals surface area contributed by atoms with E-state index in [0.29, 0.717) is 12.2 Å². The Labute approximate surface area is 161 Å². The molecule has 0 heterocycles. The zero-order valence-corrected chi connectivity index (χ0v) is 16.1. The van der Waals surface area contributed by atoms with Gasteiger partial charge in [0.25, 0.3) is 0 Å². The zero-order valence-electron chi connectivity index (χ0n) is 16.1. The Morgan fingerprint density at radius 1 is 0.679 bits per heavy atom. The van der Waals surface area contributed by atoms with E-state index in [4.69, 9.17) is 24.4 Å². The number of carboxylic acids is 2. The van der Waals surface area contributed by atoms with Gasteiger partial charge in [0.2, 0.25) is 0 Å². The van der Waals surface area contributed by atoms with Crippen LogP contribution < -0.4 is 0 Å². The van der Waals surface area contributed by atoms with Gasteiger partial charge in [-0.15, -0.1) is 0 Å². The minimum atomic E-state index is -1.31. The molecule has 10 nitrogen and oxygen atoms in total. The quantitative estimate of drug-likeness (QED) is 0.291. The molecule has 2 N–H and O–H groups in total. The van der Waals surface area contributed by atoms with Gasteiger partial charge in [0.1, 0.15) is 6.61 Å². The van der Waals surface area contributed by atoms with Crippen molar-refractivity contribution in [3.8, 4) is 0 Å². The molecule has 0 amide bonds. The number of esters is 3. The van der Waals surface area contributed by atoms with Crippen molar-refractivity contribution in [2.75, 3.05) is 19.8 Å². The lowest BCUT2D eigenvalue weighted by molar-refractivity contribution is -0.164. The Kier molecular flexibility index (Phi) is 9.62. The summed E-state index contributed by atoms with van der Waals surface area (Å²) in [5.41, 5.74) is -1.94. The Bertz CT molecular complexity index is 670. The van der Waals surface area contributed by atoms with E-state index in [1.165, 1.54) is 13.8 Å². The molecule has 156 valence electrons. The first-order valence-corrected chi connectivity index (χ1v) is 8.08. The summed E-state index contributed by atoms with van der Waals surface area (Å²) in [5, 5.41) is 16.9. The van der Waals surface area contributed by atoms with Crippen LogP contribution in [-0.2, 0) is 38.2 Å². The van der Waals surface area contributed by atoms with Crippen LogP contribution in [0.4, 0.5) is 0 Å². The fourth-order valence-electron chi connectivity index (χ4n) is 1.45. The summed E-state index contributed by atoms with van der Waals surface area (Å²) >= 11 is 0. The molecule has 0 aliphatic heterocycles. The van der Waals surface area contributed by atoms with Gasteiger partial charge in [-0.25, -0.2) is 19.2 Å². The van der Waals surface area contributed by atoms with Gasteiger partial charge in [-0.05, 0) is 13.8 Å². The van der Waals surface area contributed by atoms with E-state index in [-0.39, 0.29) is 19.8 Å². The highest BCUT2D eigenvalue weighted by Crippen LogP contribution is 2.22. The largest absolute Gasteiger partial charge is 0.478 e. The topological polar surface area (TPSA) is 154 Å². The molecule has 0 spiro atoms. The first kappa shape index (κ1) is 24.8. The van der Waals surface area contributed by atoms with Crippen LogP contribution in [-0.4, -0.2) is 59.9 Å². The maximum atomic E-state index is 12.2. The fraction of sp³-hybridized carbons (Fsp3) is 0.500. The molecule has 0 aromatic rings. The second-order valence-corrected chi connectivity index (χ2v) is 7.18. The molecule has 0 aliphatic carbocycles. The third-order valence-electron chi connectivity index (χ3n) is 3.05. The Hall–Kier alpha value is -3.17. The Balaban J connectivity index is 4.50. The summed E-state index contributed by atoms with van der Waals surface area (Å²) in [6.45, 7) is 5.72. The number of carbonyl (C=O) groups excluding carboxylic acids is 3. The van der Waals surface area contributed by atoms with Crippen LogP contribution >= 0.6 is 0 Å². The minimum Gasteiger partial charge on any atom is -0.478 e. The SMILES string of the molecule is CC(C)(COC(=O)/C=C/C(=O)O)COC(=O)C(C)(C)COC(=O)/C=C/C(=O)O. The average Bonchev–Trinajstić information content (AvgIpc) is 2.59. The summed E-state index contributed by atoms with van der Waals surface area (Å²) < 4.78 is 14.9. The number of hydrogen-bond acceptors (Lipinski definition) is 8.